The molecule has 7 heteroatoms. The first-order valence-electron chi connectivity index (χ1n) is 11.4. The third kappa shape index (κ3) is 5.85. The highest BCUT2D eigenvalue weighted by Gasteiger charge is 2.29. The number of nitrogens with zero attached hydrogens (tertiary/aromatic N) is 4. The Balaban J connectivity index is 1.34. The van der Waals surface area contributed by atoms with E-state index in [9.17, 15) is 10.2 Å². The molecule has 3 atom stereocenters. The zero-order chi connectivity index (χ0) is 23.0. The SMILES string of the molecule is COc1ccc2nccc([C@H](O)CCC3CCN(CC#Cc4ncccn4)C[C@H]3CO)c2c1. The molecule has 1 aliphatic rings. The van der Waals surface area contributed by atoms with Crippen molar-refractivity contribution < 1.29 is 14.9 Å². The molecule has 0 saturated carbocycles. The van der Waals surface area contributed by atoms with Crippen molar-refractivity contribution in [2.75, 3.05) is 33.4 Å². The Labute approximate surface area is 194 Å². The van der Waals surface area contributed by atoms with Gasteiger partial charge in [0.2, 0.25) is 5.82 Å². The number of methoxy groups -OCH3 is 1. The molecule has 2 aromatic heterocycles. The zero-order valence-corrected chi connectivity index (χ0v) is 18.9. The van der Waals surface area contributed by atoms with E-state index in [1.807, 2.05) is 24.3 Å². The molecule has 0 amide bonds. The largest absolute Gasteiger partial charge is 0.497 e. The molecule has 0 bridgehead atoms. The van der Waals surface area contributed by atoms with Crippen LogP contribution in [0, 0.1) is 23.7 Å². The van der Waals surface area contributed by atoms with Crippen molar-refractivity contribution in [2.24, 2.45) is 11.8 Å². The standard InChI is InChI=1S/C26H30N4O3/c1-33-21-6-7-24-23(16-21)22(9-13-27-24)25(32)8-5-19-10-15-30(17-20(19)18-31)14-2-4-26-28-11-3-12-29-26/h3,6-7,9,11-13,16,19-20,25,31-32H,5,8,10,14-15,17-18H2,1H3/t19?,20-,25+/m0/s1. The lowest BCUT2D eigenvalue weighted by Gasteiger charge is -2.37. The predicted molar refractivity (Wildman–Crippen MR) is 127 cm³/mol. The van der Waals surface area contributed by atoms with Crippen molar-refractivity contribution in [3.63, 3.8) is 0 Å². The fourth-order valence-corrected chi connectivity index (χ4v) is 4.57. The van der Waals surface area contributed by atoms with Gasteiger partial charge in [-0.3, -0.25) is 9.88 Å². The lowest BCUT2D eigenvalue weighted by molar-refractivity contribution is 0.0640. The minimum Gasteiger partial charge on any atom is -0.497 e. The summed E-state index contributed by atoms with van der Waals surface area (Å²) in [4.78, 5) is 14.9. The molecule has 0 spiro atoms. The van der Waals surface area contributed by atoms with Crippen LogP contribution in [0.3, 0.4) is 0 Å². The summed E-state index contributed by atoms with van der Waals surface area (Å²) in [6.07, 6.45) is 7.00. The van der Waals surface area contributed by atoms with E-state index in [-0.39, 0.29) is 12.5 Å². The van der Waals surface area contributed by atoms with Crippen LogP contribution in [0.5, 0.6) is 5.75 Å². The molecule has 172 valence electrons. The molecular formula is C26H30N4O3. The molecule has 7 nitrogen and oxygen atoms in total. The van der Waals surface area contributed by atoms with Gasteiger partial charge in [-0.15, -0.1) is 0 Å². The van der Waals surface area contributed by atoms with E-state index < -0.39 is 6.10 Å². The number of aliphatic hydroxyl groups is 2. The van der Waals surface area contributed by atoms with E-state index in [0.717, 1.165) is 48.1 Å². The van der Waals surface area contributed by atoms with E-state index in [1.165, 1.54) is 0 Å². The fraction of sp³-hybridized carbons (Fsp3) is 0.423. The summed E-state index contributed by atoms with van der Waals surface area (Å²) in [7, 11) is 1.63. The molecule has 4 rings (SSSR count). The first-order valence-corrected chi connectivity index (χ1v) is 11.4. The quantitative estimate of drug-likeness (QED) is 0.539. The molecular weight excluding hydrogens is 416 g/mol. The number of hydrogen-bond acceptors (Lipinski definition) is 7. The number of rotatable bonds is 7. The van der Waals surface area contributed by atoms with Crippen molar-refractivity contribution in [3.8, 4) is 17.6 Å². The smallest absolute Gasteiger partial charge is 0.204 e. The van der Waals surface area contributed by atoms with E-state index in [2.05, 4.69) is 31.7 Å². The van der Waals surface area contributed by atoms with E-state index in [4.69, 9.17) is 4.74 Å². The highest BCUT2D eigenvalue weighted by molar-refractivity contribution is 5.83. The second kappa shape index (κ2) is 11.2. The van der Waals surface area contributed by atoms with Gasteiger partial charge in [0.15, 0.2) is 0 Å². The Hall–Kier alpha value is -3.05. The Morgan fingerprint density at radius 3 is 2.79 bits per heavy atom. The number of ether oxygens (including phenoxy) is 1. The average molecular weight is 447 g/mol. The van der Waals surface area contributed by atoms with Gasteiger partial charge in [0.1, 0.15) is 5.75 Å². The number of aromatic nitrogens is 3. The van der Waals surface area contributed by atoms with Crippen LogP contribution in [0.15, 0.2) is 48.9 Å². The summed E-state index contributed by atoms with van der Waals surface area (Å²) in [5, 5.41) is 21.9. The summed E-state index contributed by atoms with van der Waals surface area (Å²) >= 11 is 0. The van der Waals surface area contributed by atoms with Gasteiger partial charge in [0, 0.05) is 37.1 Å². The number of pyridine rings is 1. The van der Waals surface area contributed by atoms with Crippen LogP contribution in [0.1, 0.15) is 36.8 Å². The van der Waals surface area contributed by atoms with Crippen molar-refractivity contribution in [2.45, 2.75) is 25.4 Å². The molecule has 33 heavy (non-hydrogen) atoms. The fourth-order valence-electron chi connectivity index (χ4n) is 4.57. The van der Waals surface area contributed by atoms with Crippen molar-refractivity contribution >= 4 is 10.9 Å². The van der Waals surface area contributed by atoms with Crippen LogP contribution < -0.4 is 4.74 Å². The summed E-state index contributed by atoms with van der Waals surface area (Å²) in [5.41, 5.74) is 1.71. The molecule has 3 aromatic rings. The predicted octanol–water partition coefficient (Wildman–Crippen LogP) is 2.83. The van der Waals surface area contributed by atoms with E-state index in [1.54, 1.807) is 31.8 Å². The molecule has 1 fully saturated rings. The van der Waals surface area contributed by atoms with Gasteiger partial charge in [0.25, 0.3) is 0 Å². The Bertz CT molecular complexity index is 1110. The minimum absolute atomic E-state index is 0.141. The lowest BCUT2D eigenvalue weighted by Crippen LogP contribution is -2.42. The summed E-state index contributed by atoms with van der Waals surface area (Å²) in [6, 6.07) is 9.37. The van der Waals surface area contributed by atoms with Crippen LogP contribution >= 0.6 is 0 Å². The zero-order valence-electron chi connectivity index (χ0n) is 18.9. The number of likely N-dealkylation sites (tertiary alicyclic amines) is 1. The van der Waals surface area contributed by atoms with Gasteiger partial charge in [-0.1, -0.05) is 5.92 Å². The maximum Gasteiger partial charge on any atom is 0.204 e. The number of piperidine rings is 1. The number of benzene rings is 1. The second-order valence-corrected chi connectivity index (χ2v) is 8.48. The van der Waals surface area contributed by atoms with Crippen molar-refractivity contribution in [3.05, 3.63) is 60.3 Å². The molecule has 0 aliphatic carbocycles. The molecule has 1 aliphatic heterocycles. The molecule has 1 saturated heterocycles. The summed E-state index contributed by atoms with van der Waals surface area (Å²) in [6.45, 7) is 2.50. The molecule has 1 aromatic carbocycles. The first kappa shape index (κ1) is 23.1. The third-order valence-corrected chi connectivity index (χ3v) is 6.43. The maximum atomic E-state index is 11.0. The van der Waals surface area contributed by atoms with Gasteiger partial charge >= 0.3 is 0 Å². The normalized spacial score (nSPS) is 19.6. The average Bonchev–Trinajstić information content (AvgIpc) is 2.87. The Morgan fingerprint density at radius 2 is 2.00 bits per heavy atom. The van der Waals surface area contributed by atoms with Gasteiger partial charge in [-0.25, -0.2) is 9.97 Å². The third-order valence-electron chi connectivity index (χ3n) is 6.43. The topological polar surface area (TPSA) is 91.6 Å². The molecule has 0 radical (unpaired) electrons. The maximum absolute atomic E-state index is 11.0. The monoisotopic (exact) mass is 446 g/mol. The van der Waals surface area contributed by atoms with E-state index in [0.29, 0.717) is 24.7 Å². The second-order valence-electron chi connectivity index (χ2n) is 8.48. The molecule has 1 unspecified atom stereocenters. The van der Waals surface area contributed by atoms with Crippen LogP contribution in [-0.2, 0) is 0 Å². The number of aliphatic hydroxyl groups excluding tert-OH is 2. The lowest BCUT2D eigenvalue weighted by atomic mass is 9.81. The molecule has 2 N–H and O–H groups in total. The van der Waals surface area contributed by atoms with Gasteiger partial charge in [-0.05, 0) is 79.5 Å². The van der Waals surface area contributed by atoms with Gasteiger partial charge < -0.3 is 14.9 Å². The summed E-state index contributed by atoms with van der Waals surface area (Å²) in [5.74, 6) is 7.96. The van der Waals surface area contributed by atoms with Gasteiger partial charge in [0.05, 0.1) is 25.3 Å². The highest BCUT2D eigenvalue weighted by Crippen LogP contribution is 2.33. The van der Waals surface area contributed by atoms with Gasteiger partial charge in [-0.2, -0.15) is 0 Å². The van der Waals surface area contributed by atoms with Crippen molar-refractivity contribution in [1.82, 2.24) is 19.9 Å². The highest BCUT2D eigenvalue weighted by atomic mass is 16.5. The number of hydrogen-bond donors (Lipinski definition) is 2. The van der Waals surface area contributed by atoms with Crippen LogP contribution in [0.25, 0.3) is 10.9 Å². The van der Waals surface area contributed by atoms with Crippen LogP contribution in [0.2, 0.25) is 0 Å². The number of fused-ring (bicyclic) bond motifs is 1. The summed E-state index contributed by atoms with van der Waals surface area (Å²) < 4.78 is 5.35. The Morgan fingerprint density at radius 1 is 1.15 bits per heavy atom. The van der Waals surface area contributed by atoms with Crippen molar-refractivity contribution in [1.29, 1.82) is 0 Å². The first-order chi connectivity index (χ1) is 16.2. The molecule has 3 heterocycles. The van der Waals surface area contributed by atoms with Crippen LogP contribution in [-0.4, -0.2) is 63.4 Å². The Kier molecular flexibility index (Phi) is 7.84. The van der Waals surface area contributed by atoms with E-state index >= 15 is 0 Å². The van der Waals surface area contributed by atoms with Crippen LogP contribution in [0.4, 0.5) is 0 Å². The minimum atomic E-state index is -0.586.